The molecule has 3 aliphatic heterocycles. The Morgan fingerprint density at radius 2 is 1.80 bits per heavy atom. The monoisotopic (exact) mass is 671 g/mol. The minimum absolute atomic E-state index is 0.0142. The van der Waals surface area contributed by atoms with Crippen LogP contribution in [0.25, 0.3) is 39.1 Å². The fourth-order valence-electron chi connectivity index (χ4n) is 7.55. The summed E-state index contributed by atoms with van der Waals surface area (Å²) in [4.78, 5) is 42.2. The van der Waals surface area contributed by atoms with Crippen LogP contribution >= 0.6 is 0 Å². The van der Waals surface area contributed by atoms with Crippen LogP contribution in [0.3, 0.4) is 0 Å². The second-order valence-corrected chi connectivity index (χ2v) is 13.9. The number of hydrogen-bond acceptors (Lipinski definition) is 8. The zero-order chi connectivity index (χ0) is 34.4. The highest BCUT2D eigenvalue weighted by Gasteiger charge is 2.51. The highest BCUT2D eigenvalue weighted by molar-refractivity contribution is 6.03. The first-order chi connectivity index (χ1) is 24.2. The lowest BCUT2D eigenvalue weighted by atomic mass is 9.85. The van der Waals surface area contributed by atoms with Crippen molar-refractivity contribution in [1.82, 2.24) is 39.7 Å². The molecule has 6 heterocycles. The van der Waals surface area contributed by atoms with Gasteiger partial charge in [-0.2, -0.15) is 10.2 Å². The van der Waals surface area contributed by atoms with Crippen molar-refractivity contribution in [2.45, 2.75) is 39.2 Å². The number of amides is 2. The minimum Gasteiger partial charge on any atom is -0.475 e. The highest BCUT2D eigenvalue weighted by atomic mass is 16.5. The molecule has 1 spiro atoms. The number of benzene rings is 2. The largest absolute Gasteiger partial charge is 0.475 e. The maximum atomic E-state index is 14.1. The Morgan fingerprint density at radius 3 is 2.56 bits per heavy atom. The normalized spacial score (nSPS) is 19.7. The molecule has 0 radical (unpaired) electrons. The van der Waals surface area contributed by atoms with Gasteiger partial charge in [-0.1, -0.05) is 30.3 Å². The molecule has 12 heteroatoms. The number of carbonyl (C=O) groups excluding carboxylic acids is 2. The summed E-state index contributed by atoms with van der Waals surface area (Å²) in [6, 6.07) is 18.1. The lowest BCUT2D eigenvalue weighted by molar-refractivity contribution is -0.132. The molecule has 8 rings (SSSR count). The molecule has 0 saturated carbocycles. The van der Waals surface area contributed by atoms with Gasteiger partial charge in [0, 0.05) is 67.7 Å². The van der Waals surface area contributed by atoms with Crippen LogP contribution in [0.15, 0.2) is 73.2 Å². The molecule has 5 aromatic rings. The van der Waals surface area contributed by atoms with Crippen molar-refractivity contribution >= 4 is 34.0 Å². The van der Waals surface area contributed by atoms with Gasteiger partial charge in [-0.15, -0.1) is 0 Å². The number of aryl methyl sites for hydroxylation is 1. The third-order valence-corrected chi connectivity index (χ3v) is 10.2. The Bertz CT molecular complexity index is 2100. The molecule has 2 aromatic carbocycles. The van der Waals surface area contributed by atoms with Crippen LogP contribution in [0.1, 0.15) is 38.7 Å². The van der Waals surface area contributed by atoms with Gasteiger partial charge < -0.3 is 14.5 Å². The number of likely N-dealkylation sites (tertiary alicyclic amines) is 1. The van der Waals surface area contributed by atoms with E-state index in [4.69, 9.17) is 4.74 Å². The Labute approximate surface area is 290 Å². The van der Waals surface area contributed by atoms with Crippen LogP contribution in [0, 0.1) is 5.41 Å². The molecule has 2 amide bonds. The molecule has 2 saturated heterocycles. The SMILES string of the molecule is CC(C)Oc1cc(-c2n[nH]c3ccc(N4CC[C@]5(CCN(CC(=O)N6CC=C(c7ccc(-c8ncn(C)n8)cc7)CC6)C5)C4=O)cc23)ccn1. The molecule has 0 bridgehead atoms. The van der Waals surface area contributed by atoms with Gasteiger partial charge in [-0.05, 0) is 75.1 Å². The van der Waals surface area contributed by atoms with E-state index in [0.717, 1.165) is 64.8 Å². The first kappa shape index (κ1) is 31.9. The van der Waals surface area contributed by atoms with Crippen molar-refractivity contribution in [3.8, 4) is 28.5 Å². The van der Waals surface area contributed by atoms with Crippen LogP contribution in [0.5, 0.6) is 5.88 Å². The molecule has 3 aliphatic rings. The highest BCUT2D eigenvalue weighted by Crippen LogP contribution is 2.43. The molecular weight excluding hydrogens is 630 g/mol. The maximum absolute atomic E-state index is 14.1. The number of fused-ring (bicyclic) bond motifs is 1. The number of aromatic amines is 1. The molecule has 256 valence electrons. The topological polar surface area (TPSA) is 125 Å². The van der Waals surface area contributed by atoms with E-state index in [2.05, 4.69) is 54.4 Å². The van der Waals surface area contributed by atoms with Crippen LogP contribution in [-0.4, -0.2) is 96.9 Å². The number of H-pyrrole nitrogens is 1. The van der Waals surface area contributed by atoms with Gasteiger partial charge in [0.05, 0.1) is 23.6 Å². The van der Waals surface area contributed by atoms with Crippen molar-refractivity contribution in [1.29, 1.82) is 0 Å². The maximum Gasteiger partial charge on any atom is 0.237 e. The number of ether oxygens (including phenoxy) is 1. The predicted molar refractivity (Wildman–Crippen MR) is 191 cm³/mol. The van der Waals surface area contributed by atoms with Crippen LogP contribution in [0.2, 0.25) is 0 Å². The quantitative estimate of drug-likeness (QED) is 0.246. The summed E-state index contributed by atoms with van der Waals surface area (Å²) >= 11 is 0. The van der Waals surface area contributed by atoms with E-state index in [1.807, 2.05) is 67.1 Å². The molecule has 1 N–H and O–H groups in total. The molecule has 0 unspecified atom stereocenters. The third-order valence-electron chi connectivity index (χ3n) is 10.2. The summed E-state index contributed by atoms with van der Waals surface area (Å²) in [6.45, 7) is 7.55. The first-order valence-corrected chi connectivity index (χ1v) is 17.3. The summed E-state index contributed by atoms with van der Waals surface area (Å²) in [5.74, 6) is 1.52. The second kappa shape index (κ2) is 12.8. The molecule has 0 aliphatic carbocycles. The van der Waals surface area contributed by atoms with Crippen molar-refractivity contribution in [3.63, 3.8) is 0 Å². The number of aromatic nitrogens is 6. The Kier molecular flexibility index (Phi) is 8.18. The van der Waals surface area contributed by atoms with Crippen LogP contribution in [0.4, 0.5) is 5.69 Å². The van der Waals surface area contributed by atoms with Crippen molar-refractivity contribution in [2.24, 2.45) is 12.5 Å². The number of carbonyl (C=O) groups is 2. The zero-order valence-electron chi connectivity index (χ0n) is 28.7. The van der Waals surface area contributed by atoms with Gasteiger partial charge in [-0.3, -0.25) is 24.3 Å². The zero-order valence-corrected chi connectivity index (χ0v) is 28.7. The molecule has 50 heavy (non-hydrogen) atoms. The van der Waals surface area contributed by atoms with Gasteiger partial charge in [-0.25, -0.2) is 9.97 Å². The fourth-order valence-corrected chi connectivity index (χ4v) is 7.55. The van der Waals surface area contributed by atoms with Crippen molar-refractivity contribution in [2.75, 3.05) is 44.2 Å². The lowest BCUT2D eigenvalue weighted by Crippen LogP contribution is -2.43. The summed E-state index contributed by atoms with van der Waals surface area (Å²) in [7, 11) is 1.86. The summed E-state index contributed by atoms with van der Waals surface area (Å²) in [5, 5.41) is 13.0. The molecular formula is C38H41N9O3. The minimum atomic E-state index is -0.464. The van der Waals surface area contributed by atoms with Crippen molar-refractivity contribution < 1.29 is 14.3 Å². The van der Waals surface area contributed by atoms with E-state index in [0.29, 0.717) is 44.4 Å². The Hall–Kier alpha value is -5.36. The van der Waals surface area contributed by atoms with E-state index in [9.17, 15) is 9.59 Å². The average Bonchev–Trinajstić information content (AvgIpc) is 3.92. The van der Waals surface area contributed by atoms with Crippen LogP contribution < -0.4 is 9.64 Å². The Morgan fingerprint density at radius 1 is 0.980 bits per heavy atom. The summed E-state index contributed by atoms with van der Waals surface area (Å²) < 4.78 is 7.50. The van der Waals surface area contributed by atoms with Crippen LogP contribution in [-0.2, 0) is 16.6 Å². The molecule has 12 nitrogen and oxygen atoms in total. The Balaban J connectivity index is 0.896. The van der Waals surface area contributed by atoms with Gasteiger partial charge >= 0.3 is 0 Å². The smallest absolute Gasteiger partial charge is 0.237 e. The average molecular weight is 672 g/mol. The second-order valence-electron chi connectivity index (χ2n) is 13.9. The van der Waals surface area contributed by atoms with Gasteiger partial charge in [0.2, 0.25) is 17.7 Å². The van der Waals surface area contributed by atoms with Gasteiger partial charge in [0.15, 0.2) is 5.82 Å². The number of nitrogens with zero attached hydrogens (tertiary/aromatic N) is 8. The summed E-state index contributed by atoms with van der Waals surface area (Å²) in [5.41, 5.74) is 6.38. The number of rotatable bonds is 8. The lowest BCUT2D eigenvalue weighted by Gasteiger charge is -2.29. The number of nitrogens with one attached hydrogen (secondary N) is 1. The number of anilines is 1. The van der Waals surface area contributed by atoms with E-state index >= 15 is 0 Å². The fraction of sp³-hybridized carbons (Fsp3) is 0.368. The number of pyridine rings is 1. The predicted octanol–water partition coefficient (Wildman–Crippen LogP) is 4.95. The standard InChI is InChI=1S/C38H41N9O3/c1-25(2)50-33-20-29(10-15-39-33)35-31-21-30(8-9-32(31)41-42-35)47-19-14-38(37(47)49)13-18-45(23-38)22-34(48)46-16-11-27(12-17-46)26-4-6-28(7-5-26)36-40-24-44(3)43-36/h4-11,15,20-21,24-25H,12-14,16-19,22-23H2,1-3H3,(H,41,42)/t38-/m0/s1. The first-order valence-electron chi connectivity index (χ1n) is 17.3. The van der Waals surface area contributed by atoms with Gasteiger partial charge in [0.1, 0.15) is 12.0 Å². The van der Waals surface area contributed by atoms with E-state index in [1.165, 1.54) is 5.57 Å². The van der Waals surface area contributed by atoms with E-state index in [-0.39, 0.29) is 17.9 Å². The molecule has 2 fully saturated rings. The van der Waals surface area contributed by atoms with Gasteiger partial charge in [0.25, 0.3) is 0 Å². The van der Waals surface area contributed by atoms with Crippen molar-refractivity contribution in [3.05, 3.63) is 78.8 Å². The van der Waals surface area contributed by atoms with E-state index < -0.39 is 5.41 Å². The van der Waals surface area contributed by atoms with E-state index in [1.54, 1.807) is 17.2 Å². The molecule has 1 atom stereocenters. The number of hydrogen-bond donors (Lipinski definition) is 1. The molecule has 3 aromatic heterocycles. The third kappa shape index (κ3) is 6.04. The summed E-state index contributed by atoms with van der Waals surface area (Å²) in [6.07, 6.45) is 7.94.